The number of amides is 2. The van der Waals surface area contributed by atoms with Gasteiger partial charge in [-0.15, -0.1) is 0 Å². The number of hydrogen-bond acceptors (Lipinski definition) is 4. The lowest BCUT2D eigenvalue weighted by molar-refractivity contribution is -0.121. The monoisotopic (exact) mass is 231 g/mol. The van der Waals surface area contributed by atoms with E-state index in [1.165, 1.54) is 0 Å². The van der Waals surface area contributed by atoms with Crippen molar-refractivity contribution in [1.29, 1.82) is 0 Å². The lowest BCUT2D eigenvalue weighted by Crippen LogP contribution is -2.34. The second-order valence-electron chi connectivity index (χ2n) is 3.60. The maximum atomic E-state index is 11.2. The lowest BCUT2D eigenvalue weighted by atomic mass is 10.2. The van der Waals surface area contributed by atoms with Gasteiger partial charge in [-0.2, -0.15) is 0 Å². The van der Waals surface area contributed by atoms with E-state index < -0.39 is 0 Å². The number of hydrogen-bond donors (Lipinski definition) is 3. The summed E-state index contributed by atoms with van der Waals surface area (Å²) in [5, 5.41) is 5.69. The van der Waals surface area contributed by atoms with E-state index in [0.29, 0.717) is 32.7 Å². The second kappa shape index (κ2) is 9.11. The van der Waals surface area contributed by atoms with Gasteiger partial charge >= 0.3 is 0 Å². The predicted octanol–water partition coefficient (Wildman–Crippen LogP) is -1.15. The maximum Gasteiger partial charge on any atom is 0.221 e. The quantitative estimate of drug-likeness (QED) is 0.437. The van der Waals surface area contributed by atoms with Gasteiger partial charge in [-0.05, 0) is 0 Å². The minimum Gasteiger partial charge on any atom is -0.383 e. The van der Waals surface area contributed by atoms with Crippen molar-refractivity contribution in [1.82, 2.24) is 10.6 Å². The van der Waals surface area contributed by atoms with Gasteiger partial charge in [-0.1, -0.05) is 6.92 Å². The Hall–Kier alpha value is -1.14. The van der Waals surface area contributed by atoms with Crippen LogP contribution in [0.4, 0.5) is 0 Å². The number of ether oxygens (including phenoxy) is 1. The van der Waals surface area contributed by atoms with Gasteiger partial charge in [0.25, 0.3) is 0 Å². The average molecular weight is 231 g/mol. The standard InChI is InChI=1S/C10H21N3O3/c1-8(10(11)15)7-12-4-3-9(14)13-5-6-16-2/h8,12H,3-7H2,1-2H3,(H2,11,15)(H,13,14). The van der Waals surface area contributed by atoms with Crippen molar-refractivity contribution in [2.75, 3.05) is 33.4 Å². The minimum absolute atomic E-state index is 0.0312. The molecule has 16 heavy (non-hydrogen) atoms. The molecule has 0 aliphatic rings. The largest absolute Gasteiger partial charge is 0.383 e. The van der Waals surface area contributed by atoms with E-state index in [-0.39, 0.29) is 17.7 Å². The van der Waals surface area contributed by atoms with Gasteiger partial charge in [0.05, 0.1) is 6.61 Å². The third-order valence-electron chi connectivity index (χ3n) is 2.09. The number of methoxy groups -OCH3 is 1. The maximum absolute atomic E-state index is 11.2. The Morgan fingerprint density at radius 1 is 1.38 bits per heavy atom. The zero-order valence-electron chi connectivity index (χ0n) is 9.91. The van der Waals surface area contributed by atoms with Gasteiger partial charge in [0.2, 0.25) is 11.8 Å². The van der Waals surface area contributed by atoms with Crippen LogP contribution in [0.3, 0.4) is 0 Å². The Morgan fingerprint density at radius 2 is 2.06 bits per heavy atom. The Morgan fingerprint density at radius 3 is 2.62 bits per heavy atom. The van der Waals surface area contributed by atoms with Gasteiger partial charge in [-0.25, -0.2) is 0 Å². The van der Waals surface area contributed by atoms with Crippen LogP contribution in [0.1, 0.15) is 13.3 Å². The minimum atomic E-state index is -0.336. The highest BCUT2D eigenvalue weighted by atomic mass is 16.5. The Labute approximate surface area is 95.9 Å². The van der Waals surface area contributed by atoms with Crippen LogP contribution < -0.4 is 16.4 Å². The molecule has 0 radical (unpaired) electrons. The van der Waals surface area contributed by atoms with Gasteiger partial charge in [0, 0.05) is 39.1 Å². The summed E-state index contributed by atoms with van der Waals surface area (Å²) < 4.78 is 4.79. The number of primary amides is 1. The van der Waals surface area contributed by atoms with Gasteiger partial charge in [-0.3, -0.25) is 9.59 Å². The molecule has 0 rings (SSSR count). The molecule has 6 heteroatoms. The fourth-order valence-corrected chi connectivity index (χ4v) is 1.00. The molecule has 0 aromatic rings. The van der Waals surface area contributed by atoms with Gasteiger partial charge in [0.15, 0.2) is 0 Å². The van der Waals surface area contributed by atoms with Crippen LogP contribution >= 0.6 is 0 Å². The fourth-order valence-electron chi connectivity index (χ4n) is 1.00. The van der Waals surface area contributed by atoms with Crippen molar-refractivity contribution in [2.45, 2.75) is 13.3 Å². The summed E-state index contributed by atoms with van der Waals surface area (Å²) in [7, 11) is 1.58. The molecule has 0 heterocycles. The number of nitrogens with one attached hydrogen (secondary N) is 2. The summed E-state index contributed by atoms with van der Waals surface area (Å²) in [4.78, 5) is 21.9. The first-order chi connectivity index (χ1) is 7.57. The number of carbonyl (C=O) groups is 2. The molecule has 1 unspecified atom stereocenters. The lowest BCUT2D eigenvalue weighted by Gasteiger charge is -2.09. The SMILES string of the molecule is COCCNC(=O)CCNCC(C)C(N)=O. The highest BCUT2D eigenvalue weighted by Gasteiger charge is 2.07. The molecule has 94 valence electrons. The van der Waals surface area contributed by atoms with E-state index in [1.807, 2.05) is 0 Å². The number of rotatable bonds is 9. The molecule has 0 aromatic carbocycles. The van der Waals surface area contributed by atoms with E-state index in [1.54, 1.807) is 14.0 Å². The summed E-state index contributed by atoms with van der Waals surface area (Å²) in [6.07, 6.45) is 0.384. The third-order valence-corrected chi connectivity index (χ3v) is 2.09. The third kappa shape index (κ3) is 8.19. The Balaban J connectivity index is 3.37. The summed E-state index contributed by atoms with van der Waals surface area (Å²) >= 11 is 0. The first kappa shape index (κ1) is 14.9. The van der Waals surface area contributed by atoms with Crippen LogP contribution in [-0.2, 0) is 14.3 Å². The van der Waals surface area contributed by atoms with Crippen LogP contribution in [0.2, 0.25) is 0 Å². The van der Waals surface area contributed by atoms with E-state index >= 15 is 0 Å². The van der Waals surface area contributed by atoms with Crippen LogP contribution in [-0.4, -0.2) is 45.2 Å². The molecule has 1 atom stereocenters. The molecular weight excluding hydrogens is 210 g/mol. The summed E-state index contributed by atoms with van der Waals surface area (Å²) in [5.41, 5.74) is 5.09. The normalized spacial score (nSPS) is 12.1. The molecule has 0 aromatic heterocycles. The van der Waals surface area contributed by atoms with Crippen molar-refractivity contribution >= 4 is 11.8 Å². The van der Waals surface area contributed by atoms with E-state index in [4.69, 9.17) is 10.5 Å². The van der Waals surface area contributed by atoms with Crippen LogP contribution in [0.15, 0.2) is 0 Å². The fraction of sp³-hybridized carbons (Fsp3) is 0.800. The molecule has 0 fully saturated rings. The summed E-state index contributed by atoms with van der Waals surface area (Å²) in [5.74, 6) is -0.579. The summed E-state index contributed by atoms with van der Waals surface area (Å²) in [6, 6.07) is 0. The van der Waals surface area contributed by atoms with Crippen molar-refractivity contribution < 1.29 is 14.3 Å². The van der Waals surface area contributed by atoms with Crippen molar-refractivity contribution in [3.63, 3.8) is 0 Å². The molecular formula is C10H21N3O3. The van der Waals surface area contributed by atoms with Crippen LogP contribution in [0.5, 0.6) is 0 Å². The number of carbonyl (C=O) groups excluding carboxylic acids is 2. The van der Waals surface area contributed by atoms with Gasteiger partial charge in [0.1, 0.15) is 0 Å². The first-order valence-electron chi connectivity index (χ1n) is 5.33. The van der Waals surface area contributed by atoms with E-state index in [0.717, 1.165) is 0 Å². The van der Waals surface area contributed by atoms with E-state index in [2.05, 4.69) is 10.6 Å². The topological polar surface area (TPSA) is 93.4 Å². The molecule has 0 bridgehead atoms. The molecule has 2 amide bonds. The second-order valence-corrected chi connectivity index (χ2v) is 3.60. The number of nitrogens with two attached hydrogens (primary N) is 1. The smallest absolute Gasteiger partial charge is 0.221 e. The zero-order chi connectivity index (χ0) is 12.4. The van der Waals surface area contributed by atoms with Crippen molar-refractivity contribution in [3.8, 4) is 0 Å². The van der Waals surface area contributed by atoms with E-state index in [9.17, 15) is 9.59 Å². The highest BCUT2D eigenvalue weighted by Crippen LogP contribution is 1.89. The molecule has 0 saturated heterocycles. The Kier molecular flexibility index (Phi) is 8.46. The van der Waals surface area contributed by atoms with Crippen molar-refractivity contribution in [3.05, 3.63) is 0 Å². The van der Waals surface area contributed by atoms with Crippen LogP contribution in [0, 0.1) is 5.92 Å². The summed E-state index contributed by atoms with van der Waals surface area (Å²) in [6.45, 7) is 3.82. The molecule has 4 N–H and O–H groups in total. The van der Waals surface area contributed by atoms with Crippen LogP contribution in [0.25, 0.3) is 0 Å². The molecule has 0 aliphatic carbocycles. The highest BCUT2D eigenvalue weighted by molar-refractivity contribution is 5.76. The molecule has 0 spiro atoms. The molecule has 0 aliphatic heterocycles. The zero-order valence-corrected chi connectivity index (χ0v) is 9.91. The first-order valence-corrected chi connectivity index (χ1v) is 5.33. The predicted molar refractivity (Wildman–Crippen MR) is 60.7 cm³/mol. The van der Waals surface area contributed by atoms with Gasteiger partial charge < -0.3 is 21.1 Å². The molecule has 0 saturated carbocycles. The average Bonchev–Trinajstić information content (AvgIpc) is 2.24. The van der Waals surface area contributed by atoms with Crippen molar-refractivity contribution in [2.24, 2.45) is 11.7 Å². The Bertz CT molecular complexity index is 221. The molecule has 6 nitrogen and oxygen atoms in total.